The Labute approximate surface area is 63.5 Å². The first-order valence-electron chi connectivity index (χ1n) is 1.85. The molecule has 0 spiro atoms. The quantitative estimate of drug-likeness (QED) is 0.451. The SMILES string of the molecule is C[C](C)(C)[Sr]. The summed E-state index contributed by atoms with van der Waals surface area (Å²) in [5, 5.41) is 0. The Morgan fingerprint density at radius 1 is 1.20 bits per heavy atom. The van der Waals surface area contributed by atoms with Crippen LogP contribution in [0.15, 0.2) is 0 Å². The summed E-state index contributed by atoms with van der Waals surface area (Å²) in [6.07, 6.45) is 0. The van der Waals surface area contributed by atoms with E-state index in [0.29, 0.717) is 0.386 Å². The van der Waals surface area contributed by atoms with E-state index in [2.05, 4.69) is 20.8 Å². The van der Waals surface area contributed by atoms with Gasteiger partial charge < -0.3 is 0 Å². The molecule has 0 saturated heterocycles. The summed E-state index contributed by atoms with van der Waals surface area (Å²) in [5.74, 6) is 0. The van der Waals surface area contributed by atoms with Crippen LogP contribution in [0.25, 0.3) is 0 Å². The molecular formula is C4H9Sr. The zero-order chi connectivity index (χ0) is 4.50. The molecule has 0 saturated carbocycles. The van der Waals surface area contributed by atoms with Crippen LogP contribution in [-0.4, -0.2) is 43.3 Å². The molecule has 0 aliphatic carbocycles. The normalized spacial score (nSPS) is 11.6. The molecule has 27 valence electrons. The molecule has 0 aromatic rings. The van der Waals surface area contributed by atoms with E-state index in [4.69, 9.17) is 0 Å². The van der Waals surface area contributed by atoms with E-state index in [1.54, 1.807) is 0 Å². The van der Waals surface area contributed by atoms with Crippen LogP contribution in [0, 0.1) is 0 Å². The van der Waals surface area contributed by atoms with Crippen LogP contribution in [0.4, 0.5) is 0 Å². The molecule has 0 N–H and O–H groups in total. The molecule has 0 amide bonds. The molecule has 0 rings (SSSR count). The van der Waals surface area contributed by atoms with Gasteiger partial charge in [0.1, 0.15) is 0 Å². The van der Waals surface area contributed by atoms with Gasteiger partial charge in [-0.05, 0) is 0 Å². The third-order valence-electron chi connectivity index (χ3n) is 0. The van der Waals surface area contributed by atoms with E-state index >= 15 is 0 Å². The van der Waals surface area contributed by atoms with E-state index in [1.807, 2.05) is 0 Å². The molecule has 0 nitrogen and oxygen atoms in total. The second-order valence-electron chi connectivity index (χ2n) is 2.56. The molecule has 0 fully saturated rings. The topological polar surface area (TPSA) is 0 Å². The Balaban J connectivity index is 3.02. The first-order valence-corrected chi connectivity index (χ1v) is 3.59. The van der Waals surface area contributed by atoms with Gasteiger partial charge in [0, 0.05) is 0 Å². The first-order chi connectivity index (χ1) is 2.00. The van der Waals surface area contributed by atoms with Crippen molar-refractivity contribution in [3.8, 4) is 0 Å². The van der Waals surface area contributed by atoms with Gasteiger partial charge >= 0.3 is 64.4 Å². The Kier molecular flexibility index (Phi) is 2.55. The van der Waals surface area contributed by atoms with Gasteiger partial charge in [-0.15, -0.1) is 0 Å². The first kappa shape index (κ1) is 6.48. The van der Waals surface area contributed by atoms with Crippen molar-refractivity contribution < 1.29 is 0 Å². The summed E-state index contributed by atoms with van der Waals surface area (Å²) in [6.45, 7) is 6.79. The van der Waals surface area contributed by atoms with Gasteiger partial charge in [-0.25, -0.2) is 0 Å². The van der Waals surface area contributed by atoms with Crippen LogP contribution >= 0.6 is 0 Å². The van der Waals surface area contributed by atoms with Crippen LogP contribution in [0.5, 0.6) is 0 Å². The Bertz CT molecular complexity index is 19.1. The fourth-order valence-electron chi connectivity index (χ4n) is 0. The summed E-state index contributed by atoms with van der Waals surface area (Å²) < 4.78 is 0.670. The summed E-state index contributed by atoms with van der Waals surface area (Å²) in [4.78, 5) is 0. The molecule has 0 aromatic carbocycles. The molecule has 0 bridgehead atoms. The second kappa shape index (κ2) is 1.97. The van der Waals surface area contributed by atoms with Gasteiger partial charge in [-0.1, -0.05) is 0 Å². The van der Waals surface area contributed by atoms with Crippen LogP contribution in [0.3, 0.4) is 0 Å². The summed E-state index contributed by atoms with van der Waals surface area (Å²) in [6, 6.07) is 0. The van der Waals surface area contributed by atoms with Crippen molar-refractivity contribution >= 4 is 43.3 Å². The van der Waals surface area contributed by atoms with Gasteiger partial charge in [-0.3, -0.25) is 0 Å². The maximum atomic E-state index is 2.26. The summed E-state index contributed by atoms with van der Waals surface area (Å²) in [5.41, 5.74) is 0. The van der Waals surface area contributed by atoms with Crippen LogP contribution < -0.4 is 0 Å². The number of rotatable bonds is 0. The fraction of sp³-hybridized carbons (Fsp3) is 1.00. The van der Waals surface area contributed by atoms with E-state index < -0.39 is 0 Å². The van der Waals surface area contributed by atoms with Crippen molar-refractivity contribution in [3.05, 3.63) is 0 Å². The predicted molar refractivity (Wildman–Crippen MR) is 25.5 cm³/mol. The Hall–Kier alpha value is 1.48. The van der Waals surface area contributed by atoms with Gasteiger partial charge in [0.05, 0.1) is 0 Å². The van der Waals surface area contributed by atoms with Crippen molar-refractivity contribution in [2.45, 2.75) is 21.2 Å². The zero-order valence-corrected chi connectivity index (χ0v) is 7.68. The molecule has 0 atom stereocenters. The third-order valence-corrected chi connectivity index (χ3v) is 0. The molecule has 1 radical (unpaired) electrons. The van der Waals surface area contributed by atoms with E-state index in [-0.39, 0.29) is 0 Å². The van der Waals surface area contributed by atoms with Crippen molar-refractivity contribution in [2.75, 3.05) is 0 Å². The average Bonchev–Trinajstić information content (AvgIpc) is 0.722. The van der Waals surface area contributed by atoms with Gasteiger partial charge in [0.25, 0.3) is 0 Å². The molecule has 5 heavy (non-hydrogen) atoms. The monoisotopic (exact) mass is 145 g/mol. The third kappa shape index (κ3) is 30.3. The van der Waals surface area contributed by atoms with E-state index in [1.165, 1.54) is 0 Å². The average molecular weight is 145 g/mol. The zero-order valence-electron chi connectivity index (χ0n) is 4.21. The standard InChI is InChI=1S/C4H9.Sr/c1-4(2)3;/h1-3H3;. The van der Waals surface area contributed by atoms with Crippen molar-refractivity contribution in [3.63, 3.8) is 0 Å². The van der Waals surface area contributed by atoms with E-state index in [9.17, 15) is 0 Å². The van der Waals surface area contributed by atoms with Crippen LogP contribution in [-0.2, 0) is 0 Å². The molecule has 1 heteroatoms. The molecular weight excluding hydrogens is 136 g/mol. The summed E-state index contributed by atoms with van der Waals surface area (Å²) in [7, 11) is 0. The van der Waals surface area contributed by atoms with Gasteiger partial charge in [-0.2, -0.15) is 0 Å². The number of hydrogen-bond donors (Lipinski definition) is 0. The minimum atomic E-state index is 0.670. The Morgan fingerprint density at radius 2 is 1.20 bits per heavy atom. The van der Waals surface area contributed by atoms with Crippen molar-refractivity contribution in [1.82, 2.24) is 0 Å². The van der Waals surface area contributed by atoms with Gasteiger partial charge in [0.2, 0.25) is 0 Å². The van der Waals surface area contributed by atoms with Crippen LogP contribution in [0.2, 0.25) is 0.386 Å². The summed E-state index contributed by atoms with van der Waals surface area (Å²) >= 11 is 1.11. The second-order valence-corrected chi connectivity index (χ2v) is 7.77. The van der Waals surface area contributed by atoms with Gasteiger partial charge in [0.15, 0.2) is 0 Å². The molecule has 0 aliphatic rings. The number of hydrogen-bond acceptors (Lipinski definition) is 0. The molecule has 0 aliphatic heterocycles. The maximum absolute atomic E-state index is 2.26. The molecule has 0 heterocycles. The minimum absolute atomic E-state index is 0.670. The van der Waals surface area contributed by atoms with Crippen LogP contribution in [0.1, 0.15) is 20.8 Å². The van der Waals surface area contributed by atoms with Crippen molar-refractivity contribution in [2.24, 2.45) is 0 Å². The molecule has 0 unspecified atom stereocenters. The predicted octanol–water partition coefficient (Wildman–Crippen LogP) is 1.37. The molecule has 0 aromatic heterocycles. The Morgan fingerprint density at radius 3 is 1.20 bits per heavy atom. The van der Waals surface area contributed by atoms with E-state index in [0.717, 1.165) is 43.3 Å². The van der Waals surface area contributed by atoms with Crippen molar-refractivity contribution in [1.29, 1.82) is 0 Å². The fourth-order valence-corrected chi connectivity index (χ4v) is 0.